The molecule has 0 aromatic carbocycles. The smallest absolute Gasteiger partial charge is 0.315 e. The highest BCUT2D eigenvalue weighted by atomic mass is 16.3. The van der Waals surface area contributed by atoms with Crippen molar-refractivity contribution in [2.75, 3.05) is 0 Å². The number of nitrogens with one attached hydrogen (secondary N) is 2. The number of furan rings is 1. The van der Waals surface area contributed by atoms with Gasteiger partial charge in [-0.3, -0.25) is 0 Å². The summed E-state index contributed by atoms with van der Waals surface area (Å²) in [7, 11) is 0. The molecule has 0 saturated heterocycles. The van der Waals surface area contributed by atoms with Crippen molar-refractivity contribution in [3.63, 3.8) is 0 Å². The lowest BCUT2D eigenvalue weighted by molar-refractivity contribution is 0.229. The SMILES string of the molecule is C[C@H](CCc1ccco1)NC(=O)NC(C1CC1)C1CC1. The molecule has 1 atom stereocenters. The Morgan fingerprint density at radius 1 is 1.30 bits per heavy atom. The van der Waals surface area contributed by atoms with E-state index < -0.39 is 0 Å². The van der Waals surface area contributed by atoms with E-state index in [9.17, 15) is 4.79 Å². The Kier molecular flexibility index (Phi) is 3.99. The lowest BCUT2D eigenvalue weighted by Gasteiger charge is -2.20. The molecular weight excluding hydrogens is 252 g/mol. The van der Waals surface area contributed by atoms with Gasteiger partial charge in [-0.2, -0.15) is 0 Å². The van der Waals surface area contributed by atoms with Gasteiger partial charge in [0.1, 0.15) is 5.76 Å². The van der Waals surface area contributed by atoms with Crippen LogP contribution in [0.15, 0.2) is 22.8 Å². The topological polar surface area (TPSA) is 54.3 Å². The van der Waals surface area contributed by atoms with Gasteiger partial charge < -0.3 is 15.1 Å². The first kappa shape index (κ1) is 13.5. The zero-order valence-corrected chi connectivity index (χ0v) is 12.1. The predicted molar refractivity (Wildman–Crippen MR) is 77.4 cm³/mol. The second-order valence-electron chi connectivity index (χ2n) is 6.34. The van der Waals surface area contributed by atoms with E-state index >= 15 is 0 Å². The van der Waals surface area contributed by atoms with Crippen LogP contribution in [0, 0.1) is 11.8 Å². The molecule has 2 aliphatic carbocycles. The van der Waals surface area contributed by atoms with Crippen molar-refractivity contribution >= 4 is 6.03 Å². The normalized spacial score (nSPS) is 19.9. The van der Waals surface area contributed by atoms with Crippen LogP contribution < -0.4 is 10.6 Å². The summed E-state index contributed by atoms with van der Waals surface area (Å²) >= 11 is 0. The van der Waals surface area contributed by atoms with Gasteiger partial charge in [0.05, 0.1) is 6.26 Å². The zero-order chi connectivity index (χ0) is 13.9. The van der Waals surface area contributed by atoms with E-state index in [1.807, 2.05) is 19.1 Å². The number of hydrogen-bond acceptors (Lipinski definition) is 2. The van der Waals surface area contributed by atoms with E-state index in [2.05, 4.69) is 10.6 Å². The highest BCUT2D eigenvalue weighted by molar-refractivity contribution is 5.74. The molecule has 20 heavy (non-hydrogen) atoms. The van der Waals surface area contributed by atoms with E-state index in [0.717, 1.165) is 30.4 Å². The van der Waals surface area contributed by atoms with Crippen LogP contribution in [-0.4, -0.2) is 18.1 Å². The Bertz CT molecular complexity index is 423. The van der Waals surface area contributed by atoms with Gasteiger partial charge in [-0.25, -0.2) is 4.79 Å². The first-order chi connectivity index (χ1) is 9.72. The second kappa shape index (κ2) is 5.90. The lowest BCUT2D eigenvalue weighted by Crippen LogP contribution is -2.47. The average molecular weight is 276 g/mol. The van der Waals surface area contributed by atoms with Crippen LogP contribution >= 0.6 is 0 Å². The summed E-state index contributed by atoms with van der Waals surface area (Å²) in [5.41, 5.74) is 0. The zero-order valence-electron chi connectivity index (χ0n) is 12.1. The summed E-state index contributed by atoms with van der Waals surface area (Å²) in [6.45, 7) is 2.05. The molecule has 0 radical (unpaired) electrons. The molecule has 2 amide bonds. The van der Waals surface area contributed by atoms with Crippen molar-refractivity contribution in [3.05, 3.63) is 24.2 Å². The molecule has 4 nitrogen and oxygen atoms in total. The highest BCUT2D eigenvalue weighted by Crippen LogP contribution is 2.44. The number of urea groups is 1. The highest BCUT2D eigenvalue weighted by Gasteiger charge is 2.42. The van der Waals surface area contributed by atoms with E-state index in [1.165, 1.54) is 25.7 Å². The number of aryl methyl sites for hydroxylation is 1. The van der Waals surface area contributed by atoms with Crippen LogP contribution in [0.2, 0.25) is 0 Å². The van der Waals surface area contributed by atoms with Gasteiger partial charge in [0.25, 0.3) is 0 Å². The van der Waals surface area contributed by atoms with Gasteiger partial charge in [-0.15, -0.1) is 0 Å². The summed E-state index contributed by atoms with van der Waals surface area (Å²) in [4.78, 5) is 12.0. The van der Waals surface area contributed by atoms with Gasteiger partial charge in [-0.05, 0) is 63.0 Å². The molecule has 4 heteroatoms. The molecule has 3 rings (SSSR count). The summed E-state index contributed by atoms with van der Waals surface area (Å²) in [6.07, 6.45) is 8.60. The molecule has 0 bridgehead atoms. The van der Waals surface area contributed by atoms with E-state index in [1.54, 1.807) is 6.26 Å². The van der Waals surface area contributed by atoms with Crippen LogP contribution in [-0.2, 0) is 6.42 Å². The minimum absolute atomic E-state index is 0.000690. The summed E-state index contributed by atoms with van der Waals surface area (Å²) < 4.78 is 5.30. The number of amides is 2. The number of carbonyl (C=O) groups is 1. The summed E-state index contributed by atoms with van der Waals surface area (Å²) in [5, 5.41) is 6.24. The monoisotopic (exact) mass is 276 g/mol. The van der Waals surface area contributed by atoms with Crippen molar-refractivity contribution in [2.24, 2.45) is 11.8 Å². The predicted octanol–water partition coefficient (Wildman–Crippen LogP) is 3.09. The van der Waals surface area contributed by atoms with Crippen LogP contribution in [0.4, 0.5) is 4.79 Å². The fourth-order valence-electron chi connectivity index (χ4n) is 2.83. The molecule has 1 heterocycles. The van der Waals surface area contributed by atoms with Crippen LogP contribution in [0.25, 0.3) is 0 Å². The van der Waals surface area contributed by atoms with E-state index in [-0.39, 0.29) is 12.1 Å². The van der Waals surface area contributed by atoms with Crippen LogP contribution in [0.5, 0.6) is 0 Å². The third-order valence-electron chi connectivity index (χ3n) is 4.34. The molecule has 110 valence electrons. The molecule has 2 fully saturated rings. The van der Waals surface area contributed by atoms with Crippen LogP contribution in [0.1, 0.15) is 44.8 Å². The van der Waals surface area contributed by atoms with E-state index in [4.69, 9.17) is 4.42 Å². The molecule has 1 aromatic rings. The quantitative estimate of drug-likeness (QED) is 0.804. The fourth-order valence-corrected chi connectivity index (χ4v) is 2.83. The first-order valence-corrected chi connectivity index (χ1v) is 7.82. The molecule has 2 aliphatic rings. The van der Waals surface area contributed by atoms with Gasteiger partial charge >= 0.3 is 6.03 Å². The number of carbonyl (C=O) groups excluding carboxylic acids is 1. The Morgan fingerprint density at radius 3 is 2.55 bits per heavy atom. The summed E-state index contributed by atoms with van der Waals surface area (Å²) in [6, 6.07) is 4.46. The molecular formula is C16H24N2O2. The maximum atomic E-state index is 12.0. The average Bonchev–Trinajstić information content (AvgIpc) is 3.34. The van der Waals surface area contributed by atoms with Crippen molar-refractivity contribution < 1.29 is 9.21 Å². The Balaban J connectivity index is 1.38. The third kappa shape index (κ3) is 3.78. The molecule has 2 saturated carbocycles. The Morgan fingerprint density at radius 2 is 2.00 bits per heavy atom. The van der Waals surface area contributed by atoms with Crippen LogP contribution in [0.3, 0.4) is 0 Å². The fraction of sp³-hybridized carbons (Fsp3) is 0.688. The lowest BCUT2D eigenvalue weighted by atomic mass is 10.1. The van der Waals surface area contributed by atoms with Crippen molar-refractivity contribution in [1.82, 2.24) is 10.6 Å². The van der Waals surface area contributed by atoms with Crippen molar-refractivity contribution in [1.29, 1.82) is 0 Å². The minimum Gasteiger partial charge on any atom is -0.469 e. The Hall–Kier alpha value is -1.45. The second-order valence-corrected chi connectivity index (χ2v) is 6.34. The van der Waals surface area contributed by atoms with Gasteiger partial charge in [-0.1, -0.05) is 0 Å². The molecule has 1 aromatic heterocycles. The molecule has 0 spiro atoms. The maximum absolute atomic E-state index is 12.0. The maximum Gasteiger partial charge on any atom is 0.315 e. The first-order valence-electron chi connectivity index (χ1n) is 7.82. The molecule has 0 aliphatic heterocycles. The molecule has 2 N–H and O–H groups in total. The standard InChI is InChI=1S/C16H24N2O2/c1-11(4-9-14-3-2-10-20-14)17-16(19)18-15(12-5-6-12)13-7-8-13/h2-3,10-13,15H,4-9H2,1H3,(H2,17,18,19)/t11-/m1/s1. The molecule has 0 unspecified atom stereocenters. The van der Waals surface area contributed by atoms with Crippen molar-refractivity contribution in [3.8, 4) is 0 Å². The van der Waals surface area contributed by atoms with Crippen molar-refractivity contribution in [2.45, 2.75) is 57.5 Å². The van der Waals surface area contributed by atoms with E-state index in [0.29, 0.717) is 6.04 Å². The van der Waals surface area contributed by atoms with Gasteiger partial charge in [0, 0.05) is 18.5 Å². The number of hydrogen-bond donors (Lipinski definition) is 2. The Labute approximate surface area is 120 Å². The van der Waals surface area contributed by atoms with Gasteiger partial charge in [0.2, 0.25) is 0 Å². The van der Waals surface area contributed by atoms with Gasteiger partial charge in [0.15, 0.2) is 0 Å². The third-order valence-corrected chi connectivity index (χ3v) is 4.34. The summed E-state index contributed by atoms with van der Waals surface area (Å²) in [5.74, 6) is 2.46. The number of rotatable bonds is 7. The minimum atomic E-state index is 0.000690. The largest absolute Gasteiger partial charge is 0.469 e.